The van der Waals surface area contributed by atoms with Gasteiger partial charge in [-0.05, 0) is 50.3 Å². The Hall–Kier alpha value is -3.07. The zero-order chi connectivity index (χ0) is 30.2. The van der Waals surface area contributed by atoms with Gasteiger partial charge in [0.05, 0.1) is 46.5 Å². The molecule has 1 N–H and O–H groups in total. The number of hydrogen-bond donors (Lipinski definition) is 1. The van der Waals surface area contributed by atoms with Gasteiger partial charge in [0.15, 0.2) is 0 Å². The summed E-state index contributed by atoms with van der Waals surface area (Å²) >= 11 is 8.24. The Labute approximate surface area is 256 Å². The maximum Gasteiger partial charge on any atom is 0.311 e. The van der Waals surface area contributed by atoms with Gasteiger partial charge in [-0.3, -0.25) is 14.4 Å². The third kappa shape index (κ3) is 4.77. The molecule has 2 aromatic rings. The van der Waals surface area contributed by atoms with Crippen LogP contribution in [0.25, 0.3) is 0 Å². The van der Waals surface area contributed by atoms with Gasteiger partial charge in [0.1, 0.15) is 6.04 Å². The van der Waals surface area contributed by atoms with Crippen molar-refractivity contribution in [3.8, 4) is 0 Å². The predicted octanol–water partition coefficient (Wildman–Crippen LogP) is 5.50. The van der Waals surface area contributed by atoms with Crippen LogP contribution in [0.3, 0.4) is 0 Å². The number of hydrogen-bond acceptors (Lipinski definition) is 6. The molecule has 222 valence electrons. The number of esters is 1. The van der Waals surface area contributed by atoms with Gasteiger partial charge in [0.25, 0.3) is 5.91 Å². The second kappa shape index (κ2) is 11.9. The van der Waals surface area contributed by atoms with Crippen LogP contribution in [0.5, 0.6) is 0 Å². The first kappa shape index (κ1) is 30.4. The molecule has 0 saturated carbocycles. The van der Waals surface area contributed by atoms with E-state index in [2.05, 4.69) is 13.2 Å². The summed E-state index contributed by atoms with van der Waals surface area (Å²) in [6, 6.07) is 12.9. The van der Waals surface area contributed by atoms with E-state index in [0.717, 1.165) is 5.56 Å². The van der Waals surface area contributed by atoms with Crippen LogP contribution in [0, 0.1) is 18.8 Å². The number of rotatable bonds is 11. The monoisotopic (exact) mass is 608 g/mol. The summed E-state index contributed by atoms with van der Waals surface area (Å²) in [4.78, 5) is 46.4. The van der Waals surface area contributed by atoms with Gasteiger partial charge >= 0.3 is 5.97 Å². The molecule has 1 spiro atoms. The number of nitrogens with zero attached hydrogens (tertiary/aromatic N) is 2. The number of aliphatic hydroxyl groups excluding tert-OH is 1. The summed E-state index contributed by atoms with van der Waals surface area (Å²) in [5.41, 5.74) is 2.08. The molecule has 9 heteroatoms. The van der Waals surface area contributed by atoms with Crippen LogP contribution in [-0.4, -0.2) is 63.1 Å². The summed E-state index contributed by atoms with van der Waals surface area (Å²) < 4.78 is 4.20. The third-order valence-corrected chi connectivity index (χ3v) is 11.3. The van der Waals surface area contributed by atoms with Crippen molar-refractivity contribution in [2.75, 3.05) is 24.7 Å². The normalized spacial score (nSPS) is 28.3. The topological polar surface area (TPSA) is 87.1 Å². The van der Waals surface area contributed by atoms with Crippen molar-refractivity contribution >= 4 is 46.8 Å². The van der Waals surface area contributed by atoms with Crippen LogP contribution in [0.4, 0.5) is 5.69 Å². The number of ether oxygens (including phenoxy) is 1. The number of likely N-dealkylation sites (tertiary alicyclic amines) is 1. The molecule has 3 heterocycles. The number of amides is 2. The molecular formula is C33H37ClN2O5S. The number of carbonyl (C=O) groups excluding carboxylic acids is 3. The molecule has 3 fully saturated rings. The number of thioether (sulfide) groups is 1. The second-order valence-electron chi connectivity index (χ2n) is 11.5. The van der Waals surface area contributed by atoms with E-state index in [1.165, 1.54) is 0 Å². The highest BCUT2D eigenvalue weighted by Crippen LogP contribution is 2.72. The Morgan fingerprint density at radius 1 is 1.19 bits per heavy atom. The highest BCUT2D eigenvalue weighted by atomic mass is 35.5. The van der Waals surface area contributed by atoms with Crippen molar-refractivity contribution in [2.45, 2.75) is 54.7 Å². The molecular weight excluding hydrogens is 572 g/mol. The highest BCUT2D eigenvalue weighted by molar-refractivity contribution is 8.02. The van der Waals surface area contributed by atoms with Crippen molar-refractivity contribution in [2.24, 2.45) is 11.8 Å². The van der Waals surface area contributed by atoms with E-state index in [9.17, 15) is 19.5 Å². The molecule has 0 aromatic heterocycles. The first-order valence-corrected chi connectivity index (χ1v) is 15.5. The predicted molar refractivity (Wildman–Crippen MR) is 166 cm³/mol. The summed E-state index contributed by atoms with van der Waals surface area (Å²) in [5.74, 6) is -2.55. The number of para-hydroxylation sites is 1. The fraction of sp³-hybridized carbons (Fsp3) is 0.424. The van der Waals surface area contributed by atoms with E-state index in [-0.39, 0.29) is 31.6 Å². The minimum atomic E-state index is -0.958. The number of aliphatic hydroxyl groups is 1. The van der Waals surface area contributed by atoms with Gasteiger partial charge in [0.2, 0.25) is 5.91 Å². The summed E-state index contributed by atoms with van der Waals surface area (Å²) in [6.45, 7) is 11.4. The fourth-order valence-electron chi connectivity index (χ4n) is 7.23. The Morgan fingerprint density at radius 2 is 1.93 bits per heavy atom. The van der Waals surface area contributed by atoms with E-state index in [4.69, 9.17) is 16.3 Å². The second-order valence-corrected chi connectivity index (χ2v) is 13.8. The Balaban J connectivity index is 1.66. The number of benzene rings is 2. The van der Waals surface area contributed by atoms with Crippen LogP contribution in [0.2, 0.25) is 5.02 Å². The maximum atomic E-state index is 15.0. The molecule has 2 amide bonds. The van der Waals surface area contributed by atoms with Crippen LogP contribution in [0.1, 0.15) is 43.4 Å². The lowest BCUT2D eigenvalue weighted by molar-refractivity contribution is -0.156. The lowest BCUT2D eigenvalue weighted by Gasteiger charge is -2.40. The molecule has 0 radical (unpaired) electrons. The zero-order valence-electron chi connectivity index (χ0n) is 24.0. The Morgan fingerprint density at radius 3 is 2.57 bits per heavy atom. The third-order valence-electron chi connectivity index (χ3n) is 9.00. The van der Waals surface area contributed by atoms with Crippen molar-refractivity contribution in [3.05, 3.63) is 90.0 Å². The van der Waals surface area contributed by atoms with Gasteiger partial charge in [-0.25, -0.2) is 0 Å². The minimum absolute atomic E-state index is 0.173. The van der Waals surface area contributed by atoms with Gasteiger partial charge in [0, 0.05) is 11.3 Å². The summed E-state index contributed by atoms with van der Waals surface area (Å²) in [6.07, 6.45) is 5.05. The number of aryl methyl sites for hydroxylation is 1. The molecule has 42 heavy (non-hydrogen) atoms. The smallest absolute Gasteiger partial charge is 0.311 e. The molecule has 2 bridgehead atoms. The molecule has 0 aliphatic carbocycles. The molecule has 2 unspecified atom stereocenters. The number of anilines is 1. The standard InChI is InChI=1S/C33H37ClN2O5S/c1-5-7-19-41-31(40)26-25-29(38)36(24(20-37)22-13-9-8-10-14-22)28(33(25)17-16-32(26,4)42-33)30(39)35(18-6-2)27-21(3)12-11-15-23(27)34/h5-6,8-15,24-26,28,37H,1-2,7,16-20H2,3-4H3/t24-,25+,26-,28?,32+,33?/m1/s1. The lowest BCUT2D eigenvalue weighted by Crippen LogP contribution is -2.56. The van der Waals surface area contributed by atoms with Crippen molar-refractivity contribution in [3.63, 3.8) is 0 Å². The van der Waals surface area contributed by atoms with Crippen LogP contribution < -0.4 is 4.90 Å². The van der Waals surface area contributed by atoms with Crippen LogP contribution in [0.15, 0.2) is 73.8 Å². The molecule has 2 aromatic carbocycles. The first-order valence-electron chi connectivity index (χ1n) is 14.3. The van der Waals surface area contributed by atoms with Gasteiger partial charge in [-0.1, -0.05) is 66.2 Å². The van der Waals surface area contributed by atoms with Crippen LogP contribution >= 0.6 is 23.4 Å². The van der Waals surface area contributed by atoms with Crippen LogP contribution in [-0.2, 0) is 19.1 Å². The van der Waals surface area contributed by atoms with Gasteiger partial charge < -0.3 is 19.6 Å². The average molecular weight is 609 g/mol. The number of carbonyl (C=O) groups is 3. The Bertz CT molecular complexity index is 1380. The Kier molecular flexibility index (Phi) is 8.61. The van der Waals surface area contributed by atoms with Crippen molar-refractivity contribution < 1.29 is 24.2 Å². The van der Waals surface area contributed by atoms with E-state index in [1.807, 2.05) is 56.3 Å². The fourth-order valence-corrected chi connectivity index (χ4v) is 9.88. The molecule has 5 rings (SSSR count). The molecule has 7 nitrogen and oxygen atoms in total. The highest BCUT2D eigenvalue weighted by Gasteiger charge is 2.78. The molecule has 3 aliphatic heterocycles. The van der Waals surface area contributed by atoms with Gasteiger partial charge in [-0.2, -0.15) is 0 Å². The first-order chi connectivity index (χ1) is 20.1. The zero-order valence-corrected chi connectivity index (χ0v) is 25.6. The van der Waals surface area contributed by atoms with E-state index in [1.54, 1.807) is 39.8 Å². The van der Waals surface area contributed by atoms with Crippen molar-refractivity contribution in [1.29, 1.82) is 0 Å². The molecule has 6 atom stereocenters. The quantitative estimate of drug-likeness (QED) is 0.206. The minimum Gasteiger partial charge on any atom is -0.465 e. The summed E-state index contributed by atoms with van der Waals surface area (Å²) in [5, 5.41) is 11.2. The van der Waals surface area contributed by atoms with E-state index in [0.29, 0.717) is 35.5 Å². The van der Waals surface area contributed by atoms with E-state index < -0.39 is 39.4 Å². The molecule has 3 aliphatic rings. The van der Waals surface area contributed by atoms with Gasteiger partial charge in [-0.15, -0.1) is 24.9 Å². The summed E-state index contributed by atoms with van der Waals surface area (Å²) in [7, 11) is 0. The van der Waals surface area contributed by atoms with Crippen molar-refractivity contribution in [1.82, 2.24) is 4.90 Å². The van der Waals surface area contributed by atoms with E-state index >= 15 is 0 Å². The lowest BCUT2D eigenvalue weighted by atomic mass is 9.66. The SMILES string of the molecule is C=CCCOC(=O)[C@H]1[C@H]2C(=O)N([C@H](CO)c3ccccc3)C(C(=O)N(CC=C)c3c(C)cccc3Cl)C23CC[C@]1(C)S3. The molecule has 3 saturated heterocycles. The average Bonchev–Trinajstić information content (AvgIpc) is 3.54. The number of halogens is 1. The maximum absolute atomic E-state index is 15.0. The largest absolute Gasteiger partial charge is 0.465 e. The number of fused-ring (bicyclic) bond motifs is 1.